The van der Waals surface area contributed by atoms with E-state index in [0.717, 1.165) is 57.8 Å². The molecule has 0 spiro atoms. The number of aliphatic hydroxyl groups is 2. The SMILES string of the molecule is CCCCCC/C=C\C/C=C\CCCCCCCC(=O)OCCCCCCCCCCCCCCC/C=C\C/C=C\CCCCCCCCCCCCCCCCCCCC(=O)NC(CO)C(O)/C=C/CCCCCCCCCCCCCCCCCCCCCCCCC. The molecule has 6 heteroatoms. The first-order valence-electron chi connectivity index (χ1n) is 43.1. The van der Waals surface area contributed by atoms with Crippen molar-refractivity contribution < 1.29 is 24.5 Å². The van der Waals surface area contributed by atoms with Gasteiger partial charge in [-0.15, -0.1) is 0 Å². The summed E-state index contributed by atoms with van der Waals surface area (Å²) in [7, 11) is 0. The highest BCUT2D eigenvalue weighted by atomic mass is 16.5. The highest BCUT2D eigenvalue weighted by molar-refractivity contribution is 5.76. The minimum absolute atomic E-state index is 0.00546. The topological polar surface area (TPSA) is 95.9 Å². The zero-order valence-corrected chi connectivity index (χ0v) is 64.2. The molecule has 0 saturated heterocycles. The Morgan fingerprint density at radius 2 is 0.526 bits per heavy atom. The number of carbonyl (C=O) groups excluding carboxylic acids is 2. The number of ether oxygens (including phenoxy) is 1. The van der Waals surface area contributed by atoms with Crippen molar-refractivity contribution in [3.8, 4) is 0 Å². The van der Waals surface area contributed by atoms with Gasteiger partial charge in [-0.1, -0.05) is 421 Å². The van der Waals surface area contributed by atoms with Crippen LogP contribution in [0.2, 0.25) is 0 Å². The van der Waals surface area contributed by atoms with Gasteiger partial charge >= 0.3 is 5.97 Å². The van der Waals surface area contributed by atoms with Crippen molar-refractivity contribution in [3.05, 3.63) is 60.8 Å². The van der Waals surface area contributed by atoms with E-state index >= 15 is 0 Å². The van der Waals surface area contributed by atoms with E-state index in [-0.39, 0.29) is 18.5 Å². The van der Waals surface area contributed by atoms with Gasteiger partial charge in [-0.05, 0) is 96.3 Å². The molecule has 0 radical (unpaired) electrons. The molecule has 0 fully saturated rings. The number of hydrogen-bond acceptors (Lipinski definition) is 5. The van der Waals surface area contributed by atoms with Gasteiger partial charge in [0.2, 0.25) is 5.91 Å². The molecule has 0 bridgehead atoms. The summed E-state index contributed by atoms with van der Waals surface area (Å²) in [6, 6.07) is -0.628. The summed E-state index contributed by atoms with van der Waals surface area (Å²) in [5.74, 6) is -0.0549. The van der Waals surface area contributed by atoms with Gasteiger partial charge in [0.1, 0.15) is 0 Å². The number of unbranched alkanes of at least 4 members (excludes halogenated alkanes) is 62. The summed E-state index contributed by atoms with van der Waals surface area (Å²) in [6.45, 7) is 4.93. The van der Waals surface area contributed by atoms with Gasteiger partial charge in [-0.2, -0.15) is 0 Å². The first-order valence-corrected chi connectivity index (χ1v) is 43.1. The number of allylic oxidation sites excluding steroid dienone is 9. The Balaban J connectivity index is 3.39. The third-order valence-electron chi connectivity index (χ3n) is 20.0. The molecule has 0 aliphatic rings. The summed E-state index contributed by atoms with van der Waals surface area (Å²) >= 11 is 0. The van der Waals surface area contributed by atoms with Crippen molar-refractivity contribution in [1.29, 1.82) is 0 Å². The number of nitrogens with one attached hydrogen (secondary N) is 1. The molecule has 558 valence electrons. The molecule has 1 amide bonds. The number of carbonyl (C=O) groups is 2. The van der Waals surface area contributed by atoms with Crippen LogP contribution in [-0.4, -0.2) is 47.4 Å². The summed E-state index contributed by atoms with van der Waals surface area (Å²) in [5, 5.41) is 23.3. The minimum Gasteiger partial charge on any atom is -0.466 e. The van der Waals surface area contributed by atoms with Gasteiger partial charge in [0.25, 0.3) is 0 Å². The molecule has 0 aromatic heterocycles. The number of rotatable bonds is 81. The van der Waals surface area contributed by atoms with E-state index in [0.29, 0.717) is 19.4 Å². The Hall–Kier alpha value is -2.44. The fourth-order valence-corrected chi connectivity index (χ4v) is 13.5. The third-order valence-corrected chi connectivity index (χ3v) is 20.0. The molecule has 0 aromatic rings. The molecule has 0 rings (SSSR count). The van der Waals surface area contributed by atoms with Gasteiger partial charge in [0.15, 0.2) is 0 Å². The zero-order valence-electron chi connectivity index (χ0n) is 64.2. The normalized spacial score (nSPS) is 12.8. The van der Waals surface area contributed by atoms with Crippen LogP contribution in [0.5, 0.6) is 0 Å². The standard InChI is InChI=1S/C89H167NO5/c1-3-5-7-9-11-13-15-17-19-21-22-23-24-38-41-44-47-50-53-57-61-65-69-73-77-81-87(92)86(85-91)90-88(93)82-78-74-70-66-62-58-54-51-48-45-42-39-36-34-32-30-28-26-25-27-29-31-33-35-37-40-43-46-49-52-56-60-64-68-72-76-80-84-95-89(94)83-79-75-71-67-63-59-55-20-18-16-14-12-10-8-6-4-2/h14,16,20,25,27,31,33,55,77,81,86-87,91-92H,3-13,15,17-19,21-24,26,28-30,32,34-54,56-76,78-80,82-85H2,1-2H3,(H,90,93)/b16-14-,27-25-,33-31-,55-20-,81-77+. The molecule has 0 aliphatic heterocycles. The molecule has 0 heterocycles. The molecule has 2 unspecified atom stereocenters. The largest absolute Gasteiger partial charge is 0.466 e. The second-order valence-electron chi connectivity index (χ2n) is 29.5. The fraction of sp³-hybridized carbons (Fsp3) is 0.865. The molecular formula is C89H167NO5. The van der Waals surface area contributed by atoms with E-state index in [9.17, 15) is 19.8 Å². The summed E-state index contributed by atoms with van der Waals surface area (Å²) < 4.78 is 5.50. The van der Waals surface area contributed by atoms with Crippen molar-refractivity contribution in [1.82, 2.24) is 5.32 Å². The second-order valence-corrected chi connectivity index (χ2v) is 29.5. The fourth-order valence-electron chi connectivity index (χ4n) is 13.5. The molecule has 0 aliphatic carbocycles. The Morgan fingerprint density at radius 1 is 0.295 bits per heavy atom. The van der Waals surface area contributed by atoms with E-state index in [1.54, 1.807) is 6.08 Å². The van der Waals surface area contributed by atoms with Crippen LogP contribution in [0.4, 0.5) is 0 Å². The Morgan fingerprint density at radius 3 is 0.811 bits per heavy atom. The van der Waals surface area contributed by atoms with Crippen molar-refractivity contribution in [2.45, 2.75) is 482 Å². The zero-order chi connectivity index (χ0) is 68.4. The number of esters is 1. The van der Waals surface area contributed by atoms with Crippen LogP contribution >= 0.6 is 0 Å². The molecule has 95 heavy (non-hydrogen) atoms. The highest BCUT2D eigenvalue weighted by Crippen LogP contribution is 2.20. The van der Waals surface area contributed by atoms with Crippen LogP contribution in [0.25, 0.3) is 0 Å². The average Bonchev–Trinajstić information content (AvgIpc) is 2.97. The molecule has 6 nitrogen and oxygen atoms in total. The highest BCUT2D eigenvalue weighted by Gasteiger charge is 2.18. The number of amides is 1. The van der Waals surface area contributed by atoms with E-state index in [2.05, 4.69) is 67.8 Å². The van der Waals surface area contributed by atoms with Crippen LogP contribution < -0.4 is 5.32 Å². The summed E-state index contributed by atoms with van der Waals surface area (Å²) in [4.78, 5) is 24.7. The maximum absolute atomic E-state index is 12.6. The predicted octanol–water partition coefficient (Wildman–Crippen LogP) is 28.9. The number of aliphatic hydroxyl groups excluding tert-OH is 2. The first-order chi connectivity index (χ1) is 47.0. The van der Waals surface area contributed by atoms with Crippen LogP contribution in [0.3, 0.4) is 0 Å². The van der Waals surface area contributed by atoms with E-state index in [4.69, 9.17) is 4.74 Å². The van der Waals surface area contributed by atoms with Gasteiger partial charge < -0.3 is 20.3 Å². The van der Waals surface area contributed by atoms with E-state index in [1.165, 1.54) is 385 Å². The molecule has 0 aromatic carbocycles. The predicted molar refractivity (Wildman–Crippen MR) is 421 cm³/mol. The lowest BCUT2D eigenvalue weighted by Crippen LogP contribution is -2.45. The third kappa shape index (κ3) is 80.4. The lowest BCUT2D eigenvalue weighted by molar-refractivity contribution is -0.143. The number of hydrogen-bond donors (Lipinski definition) is 3. The molecular weight excluding hydrogens is 1160 g/mol. The van der Waals surface area contributed by atoms with E-state index in [1.807, 2.05) is 6.08 Å². The Bertz CT molecular complexity index is 1630. The maximum Gasteiger partial charge on any atom is 0.305 e. The van der Waals surface area contributed by atoms with Gasteiger partial charge in [-0.25, -0.2) is 0 Å². The summed E-state index contributed by atoms with van der Waals surface area (Å²) in [5.41, 5.74) is 0. The van der Waals surface area contributed by atoms with Crippen LogP contribution in [0.1, 0.15) is 470 Å². The monoisotopic (exact) mass is 1330 g/mol. The lowest BCUT2D eigenvalue weighted by atomic mass is 10.0. The van der Waals surface area contributed by atoms with Crippen molar-refractivity contribution in [2.75, 3.05) is 13.2 Å². The minimum atomic E-state index is -0.845. The van der Waals surface area contributed by atoms with Crippen molar-refractivity contribution >= 4 is 11.9 Å². The average molecular weight is 1330 g/mol. The quantitative estimate of drug-likeness (QED) is 0.0320. The molecule has 3 N–H and O–H groups in total. The van der Waals surface area contributed by atoms with Crippen LogP contribution in [0, 0.1) is 0 Å². The van der Waals surface area contributed by atoms with Crippen molar-refractivity contribution in [2.24, 2.45) is 0 Å². The van der Waals surface area contributed by atoms with Crippen molar-refractivity contribution in [3.63, 3.8) is 0 Å². The summed E-state index contributed by atoms with van der Waals surface area (Å²) in [6.07, 6.45) is 114. The molecule has 2 atom stereocenters. The smallest absolute Gasteiger partial charge is 0.305 e. The van der Waals surface area contributed by atoms with Gasteiger partial charge in [-0.3, -0.25) is 9.59 Å². The molecule has 0 saturated carbocycles. The van der Waals surface area contributed by atoms with E-state index < -0.39 is 12.1 Å². The van der Waals surface area contributed by atoms with Crippen LogP contribution in [-0.2, 0) is 14.3 Å². The van der Waals surface area contributed by atoms with Crippen LogP contribution in [0.15, 0.2) is 60.8 Å². The first kappa shape index (κ1) is 92.6. The Labute approximate surface area is 594 Å². The van der Waals surface area contributed by atoms with Gasteiger partial charge in [0.05, 0.1) is 25.4 Å². The van der Waals surface area contributed by atoms with Gasteiger partial charge in [0, 0.05) is 12.8 Å². The Kier molecular flexibility index (Phi) is 81.8. The maximum atomic E-state index is 12.6. The second kappa shape index (κ2) is 84.0. The lowest BCUT2D eigenvalue weighted by Gasteiger charge is -2.20.